The molecule has 7 heteroatoms. The van der Waals surface area contributed by atoms with Crippen molar-refractivity contribution in [3.05, 3.63) is 29.6 Å². The molecule has 5 nitrogen and oxygen atoms in total. The van der Waals surface area contributed by atoms with Gasteiger partial charge in [0.15, 0.2) is 0 Å². The van der Waals surface area contributed by atoms with Crippen LogP contribution in [0, 0.1) is 12.7 Å². The highest BCUT2D eigenvalue weighted by Gasteiger charge is 2.21. The average Bonchev–Trinajstić information content (AvgIpc) is 2.29. The van der Waals surface area contributed by atoms with Crippen LogP contribution in [0.4, 0.5) is 4.39 Å². The van der Waals surface area contributed by atoms with Crippen molar-refractivity contribution in [1.82, 2.24) is 4.31 Å². The Morgan fingerprint density at radius 1 is 1.44 bits per heavy atom. The van der Waals surface area contributed by atoms with Gasteiger partial charge in [-0.25, -0.2) is 17.1 Å². The summed E-state index contributed by atoms with van der Waals surface area (Å²) in [5.74, 6) is -1.56. The Bertz CT molecular complexity index is 556. The van der Waals surface area contributed by atoms with Crippen LogP contribution in [0.2, 0.25) is 0 Å². The van der Waals surface area contributed by atoms with Crippen LogP contribution >= 0.6 is 0 Å². The summed E-state index contributed by atoms with van der Waals surface area (Å²) in [6, 6.07) is 3.46. The second kappa shape index (κ2) is 5.45. The number of aryl methyl sites for hydroxylation is 1. The summed E-state index contributed by atoms with van der Waals surface area (Å²) in [5.41, 5.74) is 0.225. The fraction of sp³-hybridized carbons (Fsp3) is 0.364. The van der Waals surface area contributed by atoms with Gasteiger partial charge < -0.3 is 5.11 Å². The monoisotopic (exact) mass is 275 g/mol. The van der Waals surface area contributed by atoms with Gasteiger partial charge >= 0.3 is 5.97 Å². The summed E-state index contributed by atoms with van der Waals surface area (Å²) in [5, 5.41) is 8.51. The largest absolute Gasteiger partial charge is 0.481 e. The van der Waals surface area contributed by atoms with E-state index in [9.17, 15) is 17.6 Å². The molecule has 0 fully saturated rings. The molecule has 0 heterocycles. The zero-order valence-corrected chi connectivity index (χ0v) is 10.9. The molecule has 1 N–H and O–H groups in total. The lowest BCUT2D eigenvalue weighted by Crippen LogP contribution is -2.29. The molecule has 0 aromatic heterocycles. The minimum absolute atomic E-state index is 0.0470. The molecule has 0 saturated heterocycles. The molecular weight excluding hydrogens is 261 g/mol. The summed E-state index contributed by atoms with van der Waals surface area (Å²) >= 11 is 0. The van der Waals surface area contributed by atoms with Crippen molar-refractivity contribution in [2.45, 2.75) is 18.2 Å². The fourth-order valence-corrected chi connectivity index (χ4v) is 2.59. The van der Waals surface area contributed by atoms with Crippen molar-refractivity contribution in [3.8, 4) is 0 Å². The van der Waals surface area contributed by atoms with E-state index in [0.29, 0.717) is 0 Å². The van der Waals surface area contributed by atoms with Crippen LogP contribution in [-0.2, 0) is 14.8 Å². The van der Waals surface area contributed by atoms with E-state index in [-0.39, 0.29) is 23.4 Å². The molecule has 1 aromatic carbocycles. The first-order valence-corrected chi connectivity index (χ1v) is 6.63. The van der Waals surface area contributed by atoms with Crippen LogP contribution in [0.25, 0.3) is 0 Å². The zero-order chi connectivity index (χ0) is 13.9. The Morgan fingerprint density at radius 3 is 2.56 bits per heavy atom. The Kier molecular flexibility index (Phi) is 4.42. The fourth-order valence-electron chi connectivity index (χ4n) is 1.33. The average molecular weight is 275 g/mol. The lowest BCUT2D eigenvalue weighted by Gasteiger charge is -2.16. The maximum Gasteiger partial charge on any atom is 0.304 e. The molecule has 1 aromatic rings. The van der Waals surface area contributed by atoms with Crippen LogP contribution in [-0.4, -0.2) is 37.4 Å². The van der Waals surface area contributed by atoms with Gasteiger partial charge in [0.1, 0.15) is 5.82 Å². The highest BCUT2D eigenvalue weighted by Crippen LogP contribution is 2.17. The lowest BCUT2D eigenvalue weighted by molar-refractivity contribution is -0.137. The normalized spacial score (nSPS) is 11.8. The van der Waals surface area contributed by atoms with E-state index in [1.165, 1.54) is 20.0 Å². The van der Waals surface area contributed by atoms with E-state index in [1.54, 1.807) is 0 Å². The van der Waals surface area contributed by atoms with Gasteiger partial charge in [0.05, 0.1) is 11.3 Å². The first kappa shape index (κ1) is 14.6. The number of carbonyl (C=O) groups is 1. The van der Waals surface area contributed by atoms with Crippen molar-refractivity contribution in [1.29, 1.82) is 0 Å². The molecular formula is C11H14FNO4S. The standard InChI is InChI=1S/C11H14FNO4S/c1-8-7-9(3-4-10(8)12)18(16,17)13(2)6-5-11(14)15/h3-4,7H,5-6H2,1-2H3,(H,14,15). The molecule has 1 rings (SSSR count). The second-order valence-electron chi connectivity index (χ2n) is 3.88. The number of rotatable bonds is 5. The second-order valence-corrected chi connectivity index (χ2v) is 5.93. The summed E-state index contributed by atoms with van der Waals surface area (Å²) in [4.78, 5) is 10.3. The van der Waals surface area contributed by atoms with Crippen LogP contribution < -0.4 is 0 Å². The van der Waals surface area contributed by atoms with E-state index >= 15 is 0 Å². The Morgan fingerprint density at radius 2 is 2.06 bits per heavy atom. The van der Waals surface area contributed by atoms with Crippen LogP contribution in [0.5, 0.6) is 0 Å². The number of benzene rings is 1. The number of halogens is 1. The Balaban J connectivity index is 2.98. The zero-order valence-electron chi connectivity index (χ0n) is 10.1. The van der Waals surface area contributed by atoms with Crippen LogP contribution in [0.15, 0.2) is 23.1 Å². The van der Waals surface area contributed by atoms with Crippen molar-refractivity contribution in [3.63, 3.8) is 0 Å². The van der Waals surface area contributed by atoms with E-state index in [0.717, 1.165) is 16.4 Å². The maximum atomic E-state index is 13.1. The minimum Gasteiger partial charge on any atom is -0.481 e. The van der Waals surface area contributed by atoms with Crippen LogP contribution in [0.1, 0.15) is 12.0 Å². The van der Waals surface area contributed by atoms with Crippen molar-refractivity contribution < 1.29 is 22.7 Å². The topological polar surface area (TPSA) is 74.7 Å². The summed E-state index contributed by atoms with van der Waals surface area (Å²) in [6.07, 6.45) is -0.282. The van der Waals surface area contributed by atoms with Gasteiger partial charge in [-0.05, 0) is 30.7 Å². The molecule has 0 atom stereocenters. The third kappa shape index (κ3) is 3.27. The number of aliphatic carboxylic acids is 1. The molecule has 0 saturated carbocycles. The molecule has 0 spiro atoms. The SMILES string of the molecule is Cc1cc(S(=O)(=O)N(C)CCC(=O)O)ccc1F. The van der Waals surface area contributed by atoms with Gasteiger partial charge in [-0.3, -0.25) is 4.79 Å². The van der Waals surface area contributed by atoms with E-state index in [1.807, 2.05) is 0 Å². The minimum atomic E-state index is -3.77. The number of sulfonamides is 1. The number of hydrogen-bond acceptors (Lipinski definition) is 3. The summed E-state index contributed by atoms with van der Waals surface area (Å²) in [6.45, 7) is 1.33. The molecule has 0 aliphatic rings. The Labute approximate surface area is 105 Å². The molecule has 0 aliphatic heterocycles. The summed E-state index contributed by atoms with van der Waals surface area (Å²) in [7, 11) is -2.48. The van der Waals surface area contributed by atoms with Gasteiger partial charge in [0, 0.05) is 13.6 Å². The molecule has 0 bridgehead atoms. The first-order chi connectivity index (χ1) is 8.25. The smallest absolute Gasteiger partial charge is 0.304 e. The number of hydrogen-bond donors (Lipinski definition) is 1. The predicted molar refractivity (Wildman–Crippen MR) is 63.2 cm³/mol. The molecule has 0 aliphatic carbocycles. The predicted octanol–water partition coefficient (Wildman–Crippen LogP) is 1.23. The van der Waals surface area contributed by atoms with Gasteiger partial charge in [-0.1, -0.05) is 0 Å². The van der Waals surface area contributed by atoms with Gasteiger partial charge in [-0.15, -0.1) is 0 Å². The van der Waals surface area contributed by atoms with Crippen LogP contribution in [0.3, 0.4) is 0 Å². The van der Waals surface area contributed by atoms with Crippen molar-refractivity contribution >= 4 is 16.0 Å². The number of carboxylic acid groups (broad SMARTS) is 1. The third-order valence-corrected chi connectivity index (χ3v) is 4.33. The molecule has 0 amide bonds. The highest BCUT2D eigenvalue weighted by atomic mass is 32.2. The highest BCUT2D eigenvalue weighted by molar-refractivity contribution is 7.89. The Hall–Kier alpha value is -1.47. The molecule has 0 radical (unpaired) electrons. The van der Waals surface area contributed by atoms with Crippen molar-refractivity contribution in [2.75, 3.05) is 13.6 Å². The van der Waals surface area contributed by atoms with Gasteiger partial charge in [0.25, 0.3) is 0 Å². The maximum absolute atomic E-state index is 13.1. The number of carboxylic acids is 1. The van der Waals surface area contributed by atoms with Gasteiger partial charge in [-0.2, -0.15) is 0 Å². The molecule has 0 unspecified atom stereocenters. The lowest BCUT2D eigenvalue weighted by atomic mass is 10.2. The van der Waals surface area contributed by atoms with E-state index in [4.69, 9.17) is 5.11 Å². The molecule has 18 heavy (non-hydrogen) atoms. The van der Waals surface area contributed by atoms with E-state index in [2.05, 4.69) is 0 Å². The quantitative estimate of drug-likeness (QED) is 0.877. The first-order valence-electron chi connectivity index (χ1n) is 5.19. The molecule has 100 valence electrons. The van der Waals surface area contributed by atoms with E-state index < -0.39 is 21.8 Å². The summed E-state index contributed by atoms with van der Waals surface area (Å²) < 4.78 is 38.0. The van der Waals surface area contributed by atoms with Gasteiger partial charge in [0.2, 0.25) is 10.0 Å². The van der Waals surface area contributed by atoms with Crippen molar-refractivity contribution in [2.24, 2.45) is 0 Å². The number of nitrogens with zero attached hydrogens (tertiary/aromatic N) is 1. The third-order valence-electron chi connectivity index (χ3n) is 2.48.